The lowest BCUT2D eigenvalue weighted by Gasteiger charge is -2.31. The van der Waals surface area contributed by atoms with Gasteiger partial charge in [0.25, 0.3) is 0 Å². The molecular weight excluding hydrogens is 395 g/mol. The van der Waals surface area contributed by atoms with E-state index in [-0.39, 0.29) is 12.8 Å². The molecule has 2 saturated carbocycles. The maximum absolute atomic E-state index is 12.2. The highest BCUT2D eigenvalue weighted by atomic mass is 19.1. The first kappa shape index (κ1) is 25.5. The summed E-state index contributed by atoms with van der Waals surface area (Å²) < 4.78 is 17.7. The molecule has 1 atom stereocenters. The van der Waals surface area contributed by atoms with E-state index in [1.165, 1.54) is 75.3 Å². The summed E-state index contributed by atoms with van der Waals surface area (Å²) in [5.74, 6) is 3.46. The van der Waals surface area contributed by atoms with Gasteiger partial charge in [-0.1, -0.05) is 56.2 Å². The zero-order chi connectivity index (χ0) is 22.6. The lowest BCUT2D eigenvalue weighted by Crippen LogP contribution is -2.17. The van der Waals surface area contributed by atoms with Crippen molar-refractivity contribution >= 4 is 0 Å². The van der Waals surface area contributed by atoms with Crippen LogP contribution in [0.4, 0.5) is 4.39 Å². The zero-order valence-electron chi connectivity index (χ0n) is 20.7. The number of unbranched alkanes of at least 4 members (excludes halogenated alkanes) is 2. The van der Waals surface area contributed by atoms with Crippen LogP contribution in [0.15, 0.2) is 36.4 Å². The Morgan fingerprint density at radius 3 is 2.09 bits per heavy atom. The van der Waals surface area contributed by atoms with E-state index in [1.54, 1.807) is 0 Å². The molecule has 180 valence electrons. The highest BCUT2D eigenvalue weighted by molar-refractivity contribution is 5.27. The Kier molecular flexibility index (Phi) is 11.3. The number of allylic oxidation sites excluding steroid dienone is 2. The van der Waals surface area contributed by atoms with Crippen molar-refractivity contribution in [1.82, 2.24) is 0 Å². The smallest absolute Gasteiger partial charge is 0.0894 e. The highest BCUT2D eigenvalue weighted by Crippen LogP contribution is 2.40. The molecule has 2 aliphatic carbocycles. The van der Waals surface area contributed by atoms with E-state index in [2.05, 4.69) is 43.3 Å². The summed E-state index contributed by atoms with van der Waals surface area (Å²) in [6, 6.07) is 9.29. The Hall–Kier alpha value is -1.15. The first-order chi connectivity index (χ1) is 15.7. The maximum atomic E-state index is 12.2. The Morgan fingerprint density at radius 2 is 1.53 bits per heavy atom. The second-order valence-electron chi connectivity index (χ2n) is 10.5. The number of methoxy groups -OCH3 is 1. The Bertz CT molecular complexity index is 631. The zero-order valence-corrected chi connectivity index (χ0v) is 20.7. The topological polar surface area (TPSA) is 9.23 Å². The molecule has 1 aromatic carbocycles. The Morgan fingerprint density at radius 1 is 0.906 bits per heavy atom. The van der Waals surface area contributed by atoms with Crippen LogP contribution in [0.1, 0.15) is 120 Å². The molecule has 0 radical (unpaired) electrons. The number of alkyl halides is 1. The van der Waals surface area contributed by atoms with Crippen molar-refractivity contribution in [3.63, 3.8) is 0 Å². The van der Waals surface area contributed by atoms with Crippen molar-refractivity contribution in [3.05, 3.63) is 47.5 Å². The summed E-state index contributed by atoms with van der Waals surface area (Å²) in [4.78, 5) is 0. The molecule has 2 fully saturated rings. The lowest BCUT2D eigenvalue weighted by atomic mass is 9.74. The molecule has 32 heavy (non-hydrogen) atoms. The van der Waals surface area contributed by atoms with E-state index in [1.807, 2.05) is 7.11 Å². The average Bonchev–Trinajstić information content (AvgIpc) is 2.85. The lowest BCUT2D eigenvalue weighted by molar-refractivity contribution is 0.100. The average molecular weight is 443 g/mol. The predicted molar refractivity (Wildman–Crippen MR) is 135 cm³/mol. The molecular formula is C30H47FO. The second kappa shape index (κ2) is 14.2. The summed E-state index contributed by atoms with van der Waals surface area (Å²) >= 11 is 0. The minimum atomic E-state index is -0.165. The van der Waals surface area contributed by atoms with Gasteiger partial charge in [-0.15, -0.1) is 0 Å². The number of hydrogen-bond donors (Lipinski definition) is 0. The first-order valence-electron chi connectivity index (χ1n) is 13.6. The van der Waals surface area contributed by atoms with E-state index >= 15 is 0 Å². The van der Waals surface area contributed by atoms with Crippen molar-refractivity contribution in [1.29, 1.82) is 0 Å². The maximum Gasteiger partial charge on any atom is 0.0894 e. The van der Waals surface area contributed by atoms with Gasteiger partial charge in [-0.25, -0.2) is 0 Å². The molecule has 0 bridgehead atoms. The van der Waals surface area contributed by atoms with Gasteiger partial charge in [-0.3, -0.25) is 4.39 Å². The SMILES string of the molecule is CCC(OC)c1ccc([C@H]2CC[C@H](CC[C@H]3CC[C@H](/C=C/CCCCF)CC3)CC2)cc1. The van der Waals surface area contributed by atoms with E-state index in [0.717, 1.165) is 49.4 Å². The standard InChI is InChI=1S/C30H47FO/c1-3-30(32-2)29-21-19-28(20-22-29)27-17-15-26(16-18-27)14-13-25-11-9-24(10-12-25)8-6-4-5-7-23-31/h6,8,19-22,24-27,30H,3-5,7,9-18,23H2,1-2H3/b8-6+/t24-,25-,26-,27-,30?. The molecule has 2 aliphatic rings. The molecule has 1 nitrogen and oxygen atoms in total. The summed E-state index contributed by atoms with van der Waals surface area (Å²) in [6.07, 6.45) is 22.8. The van der Waals surface area contributed by atoms with Gasteiger partial charge in [0.1, 0.15) is 0 Å². The number of halogens is 1. The third-order valence-electron chi connectivity index (χ3n) is 8.32. The van der Waals surface area contributed by atoms with Crippen LogP contribution in [0.5, 0.6) is 0 Å². The number of benzene rings is 1. The molecule has 1 aromatic rings. The van der Waals surface area contributed by atoms with Gasteiger partial charge in [-0.05, 0) is 112 Å². The van der Waals surface area contributed by atoms with Gasteiger partial charge in [0, 0.05) is 7.11 Å². The van der Waals surface area contributed by atoms with Crippen LogP contribution >= 0.6 is 0 Å². The third-order valence-corrected chi connectivity index (χ3v) is 8.32. The molecule has 0 heterocycles. The molecule has 0 spiro atoms. The van der Waals surface area contributed by atoms with E-state index < -0.39 is 0 Å². The molecule has 0 amide bonds. The van der Waals surface area contributed by atoms with Gasteiger partial charge in [0.05, 0.1) is 12.8 Å². The fourth-order valence-corrected chi connectivity index (χ4v) is 6.09. The normalized spacial score (nSPS) is 27.6. The van der Waals surface area contributed by atoms with Crippen LogP contribution < -0.4 is 0 Å². The minimum absolute atomic E-state index is 0.165. The van der Waals surface area contributed by atoms with Crippen molar-refractivity contribution in [2.24, 2.45) is 17.8 Å². The Labute approximate surface area is 197 Å². The van der Waals surface area contributed by atoms with Crippen LogP contribution in [-0.2, 0) is 4.74 Å². The number of hydrogen-bond acceptors (Lipinski definition) is 1. The number of rotatable bonds is 12. The Balaban J connectivity index is 1.31. The number of ether oxygens (including phenoxy) is 1. The molecule has 2 heteroatoms. The fourth-order valence-electron chi connectivity index (χ4n) is 6.09. The van der Waals surface area contributed by atoms with E-state index in [9.17, 15) is 4.39 Å². The summed E-state index contributed by atoms with van der Waals surface area (Å²) in [6.45, 7) is 2.02. The fraction of sp³-hybridized carbons (Fsp3) is 0.733. The molecule has 0 aromatic heterocycles. The molecule has 0 saturated heterocycles. The van der Waals surface area contributed by atoms with Crippen LogP contribution in [0.2, 0.25) is 0 Å². The minimum Gasteiger partial charge on any atom is -0.377 e. The first-order valence-corrected chi connectivity index (χ1v) is 13.6. The van der Waals surface area contributed by atoms with Gasteiger partial charge in [-0.2, -0.15) is 0 Å². The van der Waals surface area contributed by atoms with Crippen LogP contribution in [0.25, 0.3) is 0 Å². The van der Waals surface area contributed by atoms with Crippen LogP contribution in [-0.4, -0.2) is 13.8 Å². The highest BCUT2D eigenvalue weighted by Gasteiger charge is 2.25. The molecule has 0 aliphatic heterocycles. The molecule has 0 N–H and O–H groups in total. The van der Waals surface area contributed by atoms with Crippen LogP contribution in [0.3, 0.4) is 0 Å². The van der Waals surface area contributed by atoms with Crippen molar-refractivity contribution < 1.29 is 9.13 Å². The summed E-state index contributed by atoms with van der Waals surface area (Å²) in [5.41, 5.74) is 2.85. The van der Waals surface area contributed by atoms with E-state index in [4.69, 9.17) is 4.74 Å². The summed E-state index contributed by atoms with van der Waals surface area (Å²) in [7, 11) is 1.81. The van der Waals surface area contributed by atoms with Gasteiger partial charge in [0.2, 0.25) is 0 Å². The van der Waals surface area contributed by atoms with E-state index in [0.29, 0.717) is 0 Å². The quantitative estimate of drug-likeness (QED) is 0.231. The molecule has 3 rings (SSSR count). The predicted octanol–water partition coefficient (Wildman–Crippen LogP) is 9.34. The van der Waals surface area contributed by atoms with Gasteiger partial charge < -0.3 is 4.74 Å². The monoisotopic (exact) mass is 442 g/mol. The largest absolute Gasteiger partial charge is 0.377 e. The molecule has 1 unspecified atom stereocenters. The van der Waals surface area contributed by atoms with Gasteiger partial charge >= 0.3 is 0 Å². The van der Waals surface area contributed by atoms with Crippen molar-refractivity contribution in [2.75, 3.05) is 13.8 Å². The van der Waals surface area contributed by atoms with Crippen LogP contribution in [0, 0.1) is 17.8 Å². The van der Waals surface area contributed by atoms with Gasteiger partial charge in [0.15, 0.2) is 0 Å². The second-order valence-corrected chi connectivity index (χ2v) is 10.5. The third kappa shape index (κ3) is 8.01. The van der Waals surface area contributed by atoms with Crippen molar-refractivity contribution in [3.8, 4) is 0 Å². The summed E-state index contributed by atoms with van der Waals surface area (Å²) in [5, 5.41) is 0. The van der Waals surface area contributed by atoms with Crippen molar-refractivity contribution in [2.45, 2.75) is 109 Å².